The molecule has 5 nitrogen and oxygen atoms in total. The van der Waals surface area contributed by atoms with E-state index in [0.29, 0.717) is 29.9 Å². The van der Waals surface area contributed by atoms with Gasteiger partial charge in [0.15, 0.2) is 5.78 Å². The number of hydrogen-bond donors (Lipinski definition) is 0. The topological polar surface area (TPSA) is 77.5 Å². The summed E-state index contributed by atoms with van der Waals surface area (Å²) in [7, 11) is -6.10. The highest BCUT2D eigenvalue weighted by Crippen LogP contribution is 2.65. The number of benzene rings is 1. The fraction of sp³-hybridized carbons (Fsp3) is 0.636. The van der Waals surface area contributed by atoms with Crippen molar-refractivity contribution >= 4 is 32.0 Å². The maximum absolute atomic E-state index is 13.2. The minimum Gasteiger partial charge on any atom is -0.299 e. The van der Waals surface area contributed by atoms with Crippen molar-refractivity contribution in [2.45, 2.75) is 47.0 Å². The summed E-state index contributed by atoms with van der Waals surface area (Å²) in [4.78, 5) is 25.5. The van der Waals surface area contributed by atoms with Crippen LogP contribution in [-0.4, -0.2) is 43.0 Å². The van der Waals surface area contributed by atoms with Crippen LogP contribution in [0.1, 0.15) is 57.3 Å². The molecular weight excluding hydrogens is 408 g/mol. The highest BCUT2D eigenvalue weighted by Gasteiger charge is 2.65. The molecule has 2 aliphatic carbocycles. The molecule has 0 spiro atoms. The molecule has 29 heavy (non-hydrogen) atoms. The van der Waals surface area contributed by atoms with Crippen LogP contribution >= 0.6 is 10.3 Å². The molecule has 3 rings (SSSR count). The number of Topliss-reactive ketones (excluding diaryl/α,β-unsaturated/α-hetero) is 2. The molecule has 1 aromatic rings. The normalized spacial score (nSPS) is 26.6. The molecule has 0 aromatic heterocycles. The number of carbonyl (C=O) groups is 2. The number of hydrogen-bond acceptors (Lipinski definition) is 5. The Kier molecular flexibility index (Phi) is 6.07. The van der Waals surface area contributed by atoms with Crippen LogP contribution in [0.5, 0.6) is 0 Å². The first-order chi connectivity index (χ1) is 13.5. The minimum absolute atomic E-state index is 0.0554. The van der Waals surface area contributed by atoms with Crippen molar-refractivity contribution in [1.82, 2.24) is 0 Å². The SMILES string of the molecule is CCS(CC)(CC(=O)c1ccccc1)OS(=O)(=O)CC12CCC(CC1=O)C2(C)C. The van der Waals surface area contributed by atoms with Crippen LogP contribution in [0.15, 0.2) is 30.3 Å². The lowest BCUT2D eigenvalue weighted by atomic mass is 9.70. The Bertz CT molecular complexity index is 887. The lowest BCUT2D eigenvalue weighted by molar-refractivity contribution is -0.128. The number of carbonyl (C=O) groups excluding carboxylic acids is 2. The van der Waals surface area contributed by atoms with Crippen molar-refractivity contribution in [3.8, 4) is 0 Å². The third kappa shape index (κ3) is 3.93. The van der Waals surface area contributed by atoms with Gasteiger partial charge in [-0.3, -0.25) is 9.59 Å². The second-order valence-electron chi connectivity index (χ2n) is 8.91. The summed E-state index contributed by atoms with van der Waals surface area (Å²) in [5.74, 6) is 0.977. The van der Waals surface area contributed by atoms with Crippen molar-refractivity contribution < 1.29 is 21.6 Å². The van der Waals surface area contributed by atoms with Crippen molar-refractivity contribution in [1.29, 1.82) is 0 Å². The van der Waals surface area contributed by atoms with Crippen LogP contribution in [0, 0.1) is 16.7 Å². The Labute approximate surface area is 176 Å². The molecule has 2 fully saturated rings. The van der Waals surface area contributed by atoms with E-state index < -0.39 is 25.8 Å². The third-order valence-electron chi connectivity index (χ3n) is 7.35. The molecule has 0 aliphatic heterocycles. The van der Waals surface area contributed by atoms with E-state index in [1.54, 1.807) is 24.3 Å². The summed E-state index contributed by atoms with van der Waals surface area (Å²) in [6.45, 7) is 7.79. The van der Waals surface area contributed by atoms with Gasteiger partial charge in [-0.2, -0.15) is 8.42 Å². The monoisotopic (exact) mass is 440 g/mol. The van der Waals surface area contributed by atoms with E-state index in [2.05, 4.69) is 0 Å². The molecule has 2 atom stereocenters. The van der Waals surface area contributed by atoms with Gasteiger partial charge < -0.3 is 0 Å². The average molecular weight is 441 g/mol. The molecule has 2 aliphatic rings. The molecule has 0 amide bonds. The summed E-state index contributed by atoms with van der Waals surface area (Å²) in [5.41, 5.74) is -0.625. The lowest BCUT2D eigenvalue weighted by Gasteiger charge is -2.39. The van der Waals surface area contributed by atoms with Gasteiger partial charge in [-0.15, -0.1) is 10.3 Å². The van der Waals surface area contributed by atoms with Gasteiger partial charge in [0.1, 0.15) is 5.78 Å². The van der Waals surface area contributed by atoms with Gasteiger partial charge >= 0.3 is 0 Å². The lowest BCUT2D eigenvalue weighted by Crippen LogP contribution is -2.43. The van der Waals surface area contributed by atoms with Crippen molar-refractivity contribution in [3.05, 3.63) is 35.9 Å². The Morgan fingerprint density at radius 3 is 2.24 bits per heavy atom. The van der Waals surface area contributed by atoms with Gasteiger partial charge in [0.2, 0.25) is 0 Å². The van der Waals surface area contributed by atoms with Crippen LogP contribution in [-0.2, 0) is 18.5 Å². The van der Waals surface area contributed by atoms with Crippen LogP contribution in [0.3, 0.4) is 0 Å². The summed E-state index contributed by atoms with van der Waals surface area (Å²) >= 11 is 0. The van der Waals surface area contributed by atoms with Gasteiger partial charge in [0, 0.05) is 12.0 Å². The van der Waals surface area contributed by atoms with Crippen molar-refractivity contribution in [2.75, 3.05) is 23.0 Å². The Balaban J connectivity index is 1.82. The van der Waals surface area contributed by atoms with Crippen LogP contribution in [0.4, 0.5) is 0 Å². The molecular formula is C22H32O5S2. The van der Waals surface area contributed by atoms with Crippen LogP contribution in [0.2, 0.25) is 0 Å². The Morgan fingerprint density at radius 2 is 1.76 bits per heavy atom. The van der Waals surface area contributed by atoms with Gasteiger partial charge in [-0.1, -0.05) is 58.0 Å². The first kappa shape index (κ1) is 22.5. The van der Waals surface area contributed by atoms with Crippen LogP contribution in [0.25, 0.3) is 0 Å². The van der Waals surface area contributed by atoms with E-state index in [-0.39, 0.29) is 34.4 Å². The van der Waals surface area contributed by atoms with E-state index in [1.807, 2.05) is 33.8 Å². The first-order valence-electron chi connectivity index (χ1n) is 10.3. The van der Waals surface area contributed by atoms with E-state index in [4.69, 9.17) is 3.63 Å². The van der Waals surface area contributed by atoms with Gasteiger partial charge in [0.25, 0.3) is 10.1 Å². The molecule has 2 unspecified atom stereocenters. The minimum atomic E-state index is -3.96. The molecule has 7 heteroatoms. The van der Waals surface area contributed by atoms with Gasteiger partial charge in [-0.05, 0) is 35.7 Å². The number of ketones is 2. The number of rotatable bonds is 9. The summed E-state index contributed by atoms with van der Waals surface area (Å²) in [6.07, 6.45) is 1.96. The molecule has 0 saturated heterocycles. The second kappa shape index (κ2) is 7.82. The van der Waals surface area contributed by atoms with E-state index >= 15 is 0 Å². The molecule has 2 saturated carbocycles. The Morgan fingerprint density at radius 1 is 1.14 bits per heavy atom. The average Bonchev–Trinajstić information content (AvgIpc) is 3.01. The molecule has 0 heterocycles. The highest BCUT2D eigenvalue weighted by molar-refractivity contribution is 8.33. The summed E-state index contributed by atoms with van der Waals surface area (Å²) in [5, 5.41) is 0. The fourth-order valence-corrected chi connectivity index (χ4v) is 10.8. The summed E-state index contributed by atoms with van der Waals surface area (Å²) < 4.78 is 32.2. The number of fused-ring (bicyclic) bond motifs is 2. The highest BCUT2D eigenvalue weighted by atomic mass is 32.3. The van der Waals surface area contributed by atoms with E-state index in [1.165, 1.54) is 0 Å². The first-order valence-corrected chi connectivity index (χ1v) is 14.0. The molecule has 0 N–H and O–H groups in total. The standard InChI is InChI=1S/C22H32O5S2/c1-5-28(6-2,15-19(23)17-10-8-7-9-11-17)27-29(25,26)16-22-13-12-18(14-20(22)24)21(22,3)4/h7-11,18H,5-6,12-16H2,1-4H3. The zero-order valence-electron chi connectivity index (χ0n) is 17.8. The van der Waals surface area contributed by atoms with Gasteiger partial charge in [0.05, 0.1) is 16.9 Å². The third-order valence-corrected chi connectivity index (χ3v) is 13.1. The zero-order chi connectivity index (χ0) is 21.5. The maximum Gasteiger partial charge on any atom is 0.277 e. The van der Waals surface area contributed by atoms with Gasteiger partial charge in [-0.25, -0.2) is 3.63 Å². The predicted molar refractivity (Wildman–Crippen MR) is 118 cm³/mol. The van der Waals surface area contributed by atoms with Crippen LogP contribution < -0.4 is 0 Å². The van der Waals surface area contributed by atoms with Crippen molar-refractivity contribution in [3.63, 3.8) is 0 Å². The van der Waals surface area contributed by atoms with E-state index in [0.717, 1.165) is 6.42 Å². The fourth-order valence-electron chi connectivity index (χ4n) is 5.13. The maximum atomic E-state index is 13.2. The smallest absolute Gasteiger partial charge is 0.277 e. The summed E-state index contributed by atoms with van der Waals surface area (Å²) in [6, 6.07) is 8.91. The predicted octanol–water partition coefficient (Wildman–Crippen LogP) is 4.37. The Hall–Kier alpha value is -1.18. The van der Waals surface area contributed by atoms with E-state index in [9.17, 15) is 18.0 Å². The zero-order valence-corrected chi connectivity index (χ0v) is 19.4. The molecule has 162 valence electrons. The largest absolute Gasteiger partial charge is 0.299 e. The molecule has 0 radical (unpaired) electrons. The molecule has 2 bridgehead atoms. The quantitative estimate of drug-likeness (QED) is 0.533. The second-order valence-corrected chi connectivity index (χ2v) is 14.2. The van der Waals surface area contributed by atoms with Crippen molar-refractivity contribution in [2.24, 2.45) is 16.7 Å². The molecule has 1 aromatic carbocycles.